The fourth-order valence-corrected chi connectivity index (χ4v) is 5.10. The molecule has 2 aromatic carbocycles. The van der Waals surface area contributed by atoms with Crippen molar-refractivity contribution in [3.63, 3.8) is 0 Å². The maximum atomic E-state index is 13.6. The first-order valence-corrected chi connectivity index (χ1v) is 12.4. The van der Waals surface area contributed by atoms with Crippen molar-refractivity contribution in [3.8, 4) is 17.5 Å². The molecule has 1 amide bonds. The zero-order chi connectivity index (χ0) is 24.1. The Morgan fingerprint density at radius 2 is 1.97 bits per heavy atom. The Hall–Kier alpha value is -3.19. The second kappa shape index (κ2) is 10.8. The highest BCUT2D eigenvalue weighted by Crippen LogP contribution is 2.24. The van der Waals surface area contributed by atoms with Gasteiger partial charge < -0.3 is 14.4 Å². The molecule has 1 aromatic heterocycles. The molecule has 3 aromatic rings. The number of hydrogen-bond acceptors (Lipinski definition) is 6. The van der Waals surface area contributed by atoms with Crippen LogP contribution in [0, 0.1) is 11.3 Å². The van der Waals surface area contributed by atoms with E-state index in [4.69, 9.17) is 9.47 Å². The molecular formula is C25H22BrN3O4S. The lowest BCUT2D eigenvalue weighted by Crippen LogP contribution is -2.42. The molecular weight excluding hydrogens is 518 g/mol. The molecule has 0 aliphatic carbocycles. The summed E-state index contributed by atoms with van der Waals surface area (Å²) in [4.78, 5) is 28.4. The molecule has 0 spiro atoms. The van der Waals surface area contributed by atoms with Crippen LogP contribution >= 0.6 is 27.3 Å². The maximum Gasteiger partial charge on any atom is 0.273 e. The molecule has 0 bridgehead atoms. The quantitative estimate of drug-likeness (QED) is 0.497. The van der Waals surface area contributed by atoms with Crippen LogP contribution in [0.4, 0.5) is 0 Å². The second-order valence-electron chi connectivity index (χ2n) is 7.40. The van der Waals surface area contributed by atoms with Gasteiger partial charge in [-0.1, -0.05) is 34.1 Å². The van der Waals surface area contributed by atoms with E-state index in [1.165, 1.54) is 4.57 Å². The zero-order valence-electron chi connectivity index (χ0n) is 18.5. The summed E-state index contributed by atoms with van der Waals surface area (Å²) in [5.74, 6) is 0.237. The van der Waals surface area contributed by atoms with Crippen molar-refractivity contribution < 1.29 is 14.3 Å². The van der Waals surface area contributed by atoms with Crippen LogP contribution in [0.15, 0.2) is 57.8 Å². The summed E-state index contributed by atoms with van der Waals surface area (Å²) >= 11 is 4.59. The minimum Gasteiger partial charge on any atom is -0.493 e. The van der Waals surface area contributed by atoms with Gasteiger partial charge in [-0.25, -0.2) is 0 Å². The fourth-order valence-electron chi connectivity index (χ4n) is 3.63. The molecule has 1 saturated heterocycles. The number of thiazole rings is 1. The highest BCUT2D eigenvalue weighted by Gasteiger charge is 2.24. The van der Waals surface area contributed by atoms with Crippen molar-refractivity contribution in [2.45, 2.75) is 6.92 Å². The highest BCUT2D eigenvalue weighted by molar-refractivity contribution is 9.10. The smallest absolute Gasteiger partial charge is 0.273 e. The van der Waals surface area contributed by atoms with Gasteiger partial charge >= 0.3 is 0 Å². The van der Waals surface area contributed by atoms with Crippen molar-refractivity contribution in [3.05, 3.63) is 78.1 Å². The van der Waals surface area contributed by atoms with Crippen LogP contribution in [-0.4, -0.2) is 48.3 Å². The molecule has 34 heavy (non-hydrogen) atoms. The van der Waals surface area contributed by atoms with E-state index in [1.54, 1.807) is 23.1 Å². The SMILES string of the molecule is CCOc1ccc(Br)cc1C=c1sc(=C(C#N)C(=O)N2CCOCC2)n(-c2ccccc2)c1=O. The number of nitrogens with zero attached hydrogens (tertiary/aromatic N) is 3. The third-order valence-electron chi connectivity index (χ3n) is 5.23. The number of morpholine rings is 1. The summed E-state index contributed by atoms with van der Waals surface area (Å²) in [6, 6.07) is 16.6. The summed E-state index contributed by atoms with van der Waals surface area (Å²) in [5.41, 5.74) is 0.933. The van der Waals surface area contributed by atoms with Gasteiger partial charge in [0, 0.05) is 23.1 Å². The Morgan fingerprint density at radius 3 is 2.65 bits per heavy atom. The van der Waals surface area contributed by atoms with Crippen molar-refractivity contribution in [2.75, 3.05) is 32.9 Å². The Balaban J connectivity index is 1.99. The van der Waals surface area contributed by atoms with E-state index >= 15 is 0 Å². The largest absolute Gasteiger partial charge is 0.493 e. The van der Waals surface area contributed by atoms with Crippen LogP contribution < -0.4 is 19.5 Å². The number of aromatic nitrogens is 1. The summed E-state index contributed by atoms with van der Waals surface area (Å²) in [7, 11) is 0. The molecule has 7 nitrogen and oxygen atoms in total. The van der Waals surface area contributed by atoms with Crippen molar-refractivity contribution in [1.29, 1.82) is 5.26 Å². The van der Waals surface area contributed by atoms with Crippen LogP contribution in [0.3, 0.4) is 0 Å². The number of ether oxygens (including phenoxy) is 2. The van der Waals surface area contributed by atoms with E-state index in [9.17, 15) is 14.9 Å². The monoisotopic (exact) mass is 539 g/mol. The van der Waals surface area contributed by atoms with E-state index in [0.29, 0.717) is 53.5 Å². The number of rotatable bonds is 5. The molecule has 1 aliphatic rings. The summed E-state index contributed by atoms with van der Waals surface area (Å²) in [6.45, 7) is 4.01. The summed E-state index contributed by atoms with van der Waals surface area (Å²) in [6.07, 6.45) is 1.74. The Bertz CT molecular complexity index is 1420. The minimum absolute atomic E-state index is 0.0632. The molecule has 0 N–H and O–H groups in total. The van der Waals surface area contributed by atoms with Gasteiger partial charge in [-0.2, -0.15) is 5.26 Å². The highest BCUT2D eigenvalue weighted by atomic mass is 79.9. The summed E-state index contributed by atoms with van der Waals surface area (Å²) in [5, 5.41) is 9.98. The number of hydrogen-bond donors (Lipinski definition) is 0. The molecule has 174 valence electrons. The summed E-state index contributed by atoms with van der Waals surface area (Å²) < 4.78 is 14.0. The number of carbonyl (C=O) groups excluding carboxylic acids is 1. The molecule has 9 heteroatoms. The van der Waals surface area contributed by atoms with Crippen LogP contribution in [0.5, 0.6) is 5.75 Å². The first kappa shape index (κ1) is 24.0. The molecule has 0 unspecified atom stereocenters. The van der Waals surface area contributed by atoms with Crippen LogP contribution in [0.2, 0.25) is 0 Å². The standard InChI is InChI=1S/C25H22BrN3O4S/c1-2-33-21-9-8-18(26)14-17(21)15-22-24(31)29(19-6-4-3-5-7-19)25(34-22)20(16-27)23(30)28-10-12-32-13-11-28/h3-9,14-15H,2,10-13H2,1H3. The Kier molecular flexibility index (Phi) is 7.63. The molecule has 0 radical (unpaired) electrons. The van der Waals surface area contributed by atoms with Crippen LogP contribution in [0.25, 0.3) is 17.3 Å². The minimum atomic E-state index is -0.402. The molecule has 4 rings (SSSR count). The van der Waals surface area contributed by atoms with Crippen molar-refractivity contribution >= 4 is 44.8 Å². The van der Waals surface area contributed by atoms with E-state index in [2.05, 4.69) is 22.0 Å². The molecule has 0 atom stereocenters. The number of amides is 1. The Morgan fingerprint density at radius 1 is 1.24 bits per heavy atom. The van der Waals surface area contributed by atoms with Gasteiger partial charge in [-0.3, -0.25) is 14.2 Å². The first-order valence-electron chi connectivity index (χ1n) is 10.8. The van der Waals surface area contributed by atoms with Gasteiger partial charge in [0.1, 0.15) is 16.5 Å². The van der Waals surface area contributed by atoms with Crippen molar-refractivity contribution in [1.82, 2.24) is 9.47 Å². The number of para-hydroxylation sites is 1. The van der Waals surface area contributed by atoms with Crippen LogP contribution in [-0.2, 0) is 9.53 Å². The third-order valence-corrected chi connectivity index (χ3v) is 6.82. The second-order valence-corrected chi connectivity index (χ2v) is 9.34. The topological polar surface area (TPSA) is 84.6 Å². The normalized spacial score (nSPS) is 15.1. The number of carbonyl (C=O) groups is 1. The molecule has 1 aliphatic heterocycles. The zero-order valence-corrected chi connectivity index (χ0v) is 20.9. The van der Waals surface area contributed by atoms with Gasteiger partial charge in [-0.05, 0) is 43.3 Å². The van der Waals surface area contributed by atoms with Gasteiger partial charge in [-0.15, -0.1) is 11.3 Å². The van der Waals surface area contributed by atoms with E-state index in [0.717, 1.165) is 21.4 Å². The molecule has 1 fully saturated rings. The third kappa shape index (κ3) is 4.99. The van der Waals surface area contributed by atoms with Gasteiger partial charge in [0.15, 0.2) is 5.57 Å². The average Bonchev–Trinajstić information content (AvgIpc) is 3.17. The average molecular weight is 540 g/mol. The lowest BCUT2D eigenvalue weighted by Gasteiger charge is -2.26. The number of nitriles is 1. The van der Waals surface area contributed by atoms with E-state index in [-0.39, 0.29) is 11.1 Å². The first-order chi connectivity index (χ1) is 16.5. The van der Waals surface area contributed by atoms with Gasteiger partial charge in [0.2, 0.25) is 0 Å². The van der Waals surface area contributed by atoms with E-state index < -0.39 is 5.91 Å². The fraction of sp³-hybridized carbons (Fsp3) is 0.240. The van der Waals surface area contributed by atoms with Crippen LogP contribution in [0.1, 0.15) is 12.5 Å². The molecule has 2 heterocycles. The number of benzene rings is 2. The molecule has 0 saturated carbocycles. The lowest BCUT2D eigenvalue weighted by molar-refractivity contribution is -0.128. The van der Waals surface area contributed by atoms with Gasteiger partial charge in [0.25, 0.3) is 11.5 Å². The predicted molar refractivity (Wildman–Crippen MR) is 134 cm³/mol. The van der Waals surface area contributed by atoms with Crippen molar-refractivity contribution in [2.24, 2.45) is 0 Å². The van der Waals surface area contributed by atoms with E-state index in [1.807, 2.05) is 43.3 Å². The number of halogens is 1. The van der Waals surface area contributed by atoms with Gasteiger partial charge in [0.05, 0.1) is 30.0 Å². The Labute approximate surface area is 208 Å². The maximum absolute atomic E-state index is 13.6. The predicted octanol–water partition coefficient (Wildman–Crippen LogP) is 2.42. The lowest BCUT2D eigenvalue weighted by atomic mass is 10.2.